The van der Waals surface area contributed by atoms with Gasteiger partial charge in [-0.3, -0.25) is 10.1 Å². The predicted octanol–water partition coefficient (Wildman–Crippen LogP) is 2.59. The van der Waals surface area contributed by atoms with E-state index in [2.05, 4.69) is 41.9 Å². The van der Waals surface area contributed by atoms with Gasteiger partial charge in [-0.05, 0) is 42.5 Å². The maximum absolute atomic E-state index is 12.6. The summed E-state index contributed by atoms with van der Waals surface area (Å²) in [5, 5.41) is 9.34. The molecule has 1 atom stereocenters. The molecule has 1 spiro atoms. The average Bonchev–Trinajstić information content (AvgIpc) is 2.81. The van der Waals surface area contributed by atoms with Gasteiger partial charge in [-0.15, -0.1) is 0 Å². The van der Waals surface area contributed by atoms with Crippen molar-refractivity contribution < 1.29 is 4.79 Å². The first-order valence-corrected chi connectivity index (χ1v) is 8.50. The van der Waals surface area contributed by atoms with Crippen LogP contribution in [0, 0.1) is 0 Å². The highest BCUT2D eigenvalue weighted by Gasteiger charge is 2.49. The second-order valence-electron chi connectivity index (χ2n) is 5.53. The zero-order valence-corrected chi connectivity index (χ0v) is 15.0. The van der Waals surface area contributed by atoms with Gasteiger partial charge in [-0.25, -0.2) is 9.98 Å². The topological polar surface area (TPSA) is 104 Å². The fourth-order valence-corrected chi connectivity index (χ4v) is 3.22. The number of halogens is 2. The standard InChI is InChI=1S/C16H12BrClN6O/c17-8-1-6-12-11(7-8)16(13(25)21-12)23-14(19)22-15(24-16)20-10-4-2-9(18)3-5-10/h1-7H,(H,21,25)(H4,19,20,22,23,24). The molecule has 4 rings (SSSR count). The molecule has 2 heterocycles. The smallest absolute Gasteiger partial charge is 0.280 e. The van der Waals surface area contributed by atoms with E-state index in [-0.39, 0.29) is 11.9 Å². The largest absolute Gasteiger partial charge is 0.370 e. The van der Waals surface area contributed by atoms with Gasteiger partial charge in [0.2, 0.25) is 5.96 Å². The van der Waals surface area contributed by atoms with Gasteiger partial charge in [0, 0.05) is 26.4 Å². The van der Waals surface area contributed by atoms with Crippen LogP contribution in [-0.2, 0) is 10.5 Å². The van der Waals surface area contributed by atoms with Gasteiger partial charge in [0.25, 0.3) is 11.6 Å². The summed E-state index contributed by atoms with van der Waals surface area (Å²) in [4.78, 5) is 21.4. The molecule has 0 saturated carbocycles. The minimum absolute atomic E-state index is 0.0921. The van der Waals surface area contributed by atoms with Crippen LogP contribution in [0.1, 0.15) is 5.56 Å². The highest BCUT2D eigenvalue weighted by molar-refractivity contribution is 9.10. The van der Waals surface area contributed by atoms with Crippen LogP contribution in [-0.4, -0.2) is 17.8 Å². The molecule has 25 heavy (non-hydrogen) atoms. The minimum Gasteiger partial charge on any atom is -0.370 e. The van der Waals surface area contributed by atoms with Crippen molar-refractivity contribution in [3.63, 3.8) is 0 Å². The van der Waals surface area contributed by atoms with Gasteiger partial charge < -0.3 is 16.4 Å². The van der Waals surface area contributed by atoms with Crippen molar-refractivity contribution in [1.82, 2.24) is 5.32 Å². The zero-order chi connectivity index (χ0) is 17.6. The Labute approximate surface area is 156 Å². The van der Waals surface area contributed by atoms with Crippen LogP contribution >= 0.6 is 27.5 Å². The number of carbonyl (C=O) groups is 1. The number of nitrogens with zero attached hydrogens (tertiary/aromatic N) is 2. The normalized spacial score (nSPS) is 21.1. The van der Waals surface area contributed by atoms with Gasteiger partial charge in [-0.1, -0.05) is 27.5 Å². The summed E-state index contributed by atoms with van der Waals surface area (Å²) < 4.78 is 0.817. The first-order valence-electron chi connectivity index (χ1n) is 7.32. The maximum Gasteiger partial charge on any atom is 0.280 e. The lowest BCUT2D eigenvalue weighted by Crippen LogP contribution is -2.49. The van der Waals surface area contributed by atoms with Gasteiger partial charge in [0.15, 0.2) is 5.96 Å². The SMILES string of the molecule is NC1=NC2(N=C(Nc3ccc(Cl)cc3)N1)C(=O)Nc1ccc(Br)cc12. The second kappa shape index (κ2) is 5.75. The average molecular weight is 420 g/mol. The summed E-state index contributed by atoms with van der Waals surface area (Å²) in [5.74, 6) is 0.0488. The predicted molar refractivity (Wildman–Crippen MR) is 102 cm³/mol. The highest BCUT2D eigenvalue weighted by Crippen LogP contribution is 2.42. The Balaban J connectivity index is 1.77. The number of nitrogens with one attached hydrogen (secondary N) is 3. The first-order chi connectivity index (χ1) is 12.0. The molecule has 2 aromatic rings. The monoisotopic (exact) mass is 418 g/mol. The Bertz CT molecular complexity index is 942. The van der Waals surface area contributed by atoms with Crippen LogP contribution in [0.15, 0.2) is 56.9 Å². The second-order valence-corrected chi connectivity index (χ2v) is 6.88. The van der Waals surface area contributed by atoms with E-state index in [4.69, 9.17) is 17.3 Å². The third-order valence-corrected chi connectivity index (χ3v) is 4.58. The summed E-state index contributed by atoms with van der Waals surface area (Å²) >= 11 is 9.31. The molecule has 2 aliphatic heterocycles. The quantitative estimate of drug-likeness (QED) is 0.570. The van der Waals surface area contributed by atoms with Crippen LogP contribution in [0.3, 0.4) is 0 Å². The Morgan fingerprint density at radius 1 is 1.12 bits per heavy atom. The molecule has 0 aliphatic carbocycles. The first kappa shape index (κ1) is 15.9. The molecule has 0 saturated heterocycles. The van der Waals surface area contributed by atoms with Crippen LogP contribution in [0.5, 0.6) is 0 Å². The van der Waals surface area contributed by atoms with Crippen molar-refractivity contribution in [3.8, 4) is 0 Å². The van der Waals surface area contributed by atoms with Crippen molar-refractivity contribution in [2.24, 2.45) is 15.7 Å². The van der Waals surface area contributed by atoms with Crippen LogP contribution in [0.2, 0.25) is 5.02 Å². The van der Waals surface area contributed by atoms with E-state index in [1.165, 1.54) is 0 Å². The van der Waals surface area contributed by atoms with Crippen LogP contribution in [0.25, 0.3) is 0 Å². The van der Waals surface area contributed by atoms with E-state index < -0.39 is 5.66 Å². The molecular weight excluding hydrogens is 408 g/mol. The zero-order valence-electron chi connectivity index (χ0n) is 12.7. The van der Waals surface area contributed by atoms with E-state index in [9.17, 15) is 4.79 Å². The van der Waals surface area contributed by atoms with Crippen molar-refractivity contribution in [2.75, 3.05) is 10.6 Å². The van der Waals surface area contributed by atoms with E-state index in [0.29, 0.717) is 22.2 Å². The number of fused-ring (bicyclic) bond motifs is 2. The van der Waals surface area contributed by atoms with Crippen molar-refractivity contribution in [3.05, 3.63) is 57.5 Å². The number of nitrogens with two attached hydrogens (primary N) is 1. The number of amides is 1. The lowest BCUT2D eigenvalue weighted by molar-refractivity contribution is -0.120. The lowest BCUT2D eigenvalue weighted by Gasteiger charge is -2.26. The molecule has 1 unspecified atom stereocenters. The van der Waals surface area contributed by atoms with Crippen molar-refractivity contribution in [1.29, 1.82) is 0 Å². The molecule has 0 bridgehead atoms. The molecule has 0 aromatic heterocycles. The van der Waals surface area contributed by atoms with Gasteiger partial charge in [0.1, 0.15) is 0 Å². The number of guanidine groups is 2. The summed E-state index contributed by atoms with van der Waals surface area (Å²) in [6.07, 6.45) is 0. The molecule has 1 amide bonds. The van der Waals surface area contributed by atoms with E-state index in [1.807, 2.05) is 6.07 Å². The fraction of sp³-hybridized carbons (Fsp3) is 0.0625. The Morgan fingerprint density at radius 2 is 1.88 bits per heavy atom. The summed E-state index contributed by atoms with van der Waals surface area (Å²) in [5.41, 5.74) is 6.49. The molecule has 9 heteroatoms. The van der Waals surface area contributed by atoms with Crippen molar-refractivity contribution in [2.45, 2.75) is 5.66 Å². The summed E-state index contributed by atoms with van der Waals surface area (Å²) in [6, 6.07) is 12.5. The summed E-state index contributed by atoms with van der Waals surface area (Å²) in [7, 11) is 0. The molecule has 0 fully saturated rings. The van der Waals surface area contributed by atoms with Crippen LogP contribution in [0.4, 0.5) is 11.4 Å². The number of carbonyl (C=O) groups excluding carboxylic acids is 1. The van der Waals surface area contributed by atoms with E-state index in [1.54, 1.807) is 36.4 Å². The molecule has 5 N–H and O–H groups in total. The highest BCUT2D eigenvalue weighted by atomic mass is 79.9. The molecule has 2 aliphatic rings. The molecule has 2 aromatic carbocycles. The minimum atomic E-state index is -1.46. The van der Waals surface area contributed by atoms with Gasteiger partial charge in [-0.2, -0.15) is 0 Å². The number of rotatable bonds is 1. The molecule has 0 radical (unpaired) electrons. The Morgan fingerprint density at radius 3 is 2.64 bits per heavy atom. The summed E-state index contributed by atoms with van der Waals surface area (Å²) in [6.45, 7) is 0. The van der Waals surface area contributed by atoms with E-state index in [0.717, 1.165) is 10.2 Å². The third kappa shape index (κ3) is 2.73. The van der Waals surface area contributed by atoms with Gasteiger partial charge in [0.05, 0.1) is 0 Å². The molecule has 7 nitrogen and oxygen atoms in total. The number of hydrogen-bond acceptors (Lipinski definition) is 6. The number of benzene rings is 2. The fourth-order valence-electron chi connectivity index (χ4n) is 2.74. The number of hydrogen-bond donors (Lipinski definition) is 4. The van der Waals surface area contributed by atoms with Gasteiger partial charge >= 0.3 is 0 Å². The third-order valence-electron chi connectivity index (χ3n) is 3.83. The Kier molecular flexibility index (Phi) is 3.66. The molecule has 126 valence electrons. The van der Waals surface area contributed by atoms with E-state index >= 15 is 0 Å². The maximum atomic E-state index is 12.6. The number of aliphatic imine (C=N–C) groups is 2. The number of anilines is 2. The van der Waals surface area contributed by atoms with Crippen LogP contribution < -0.4 is 21.7 Å². The Hall–Kier alpha value is -2.58. The molecular formula is C16H12BrClN6O. The lowest BCUT2D eigenvalue weighted by atomic mass is 10.0. The van der Waals surface area contributed by atoms with Crippen molar-refractivity contribution >= 4 is 56.7 Å².